The standard InChI is InChI=1S/C20H35N.C6H6O4S/c21-19-15-10-8-6-4-2-1-3-5-7-9-12-16-20-17-13-11-14-18-20;7-11(8,9)10-6-4-2-1-3-5-6/h11,13-14,17-18H,1-10,12,15-16,19,21H2;1-5H,(H,7,8,9). The Bertz CT molecular complexity index is 767. The zero-order valence-corrected chi connectivity index (χ0v) is 20.2. The monoisotopic (exact) mass is 463 g/mol. The quantitative estimate of drug-likeness (QED) is 0.197. The lowest BCUT2D eigenvalue weighted by Gasteiger charge is -2.07. The molecule has 0 saturated heterocycles. The van der Waals surface area contributed by atoms with Gasteiger partial charge in [0.15, 0.2) is 0 Å². The number of benzene rings is 2. The topological polar surface area (TPSA) is 94.1 Å². The van der Waals surface area contributed by atoms with Crippen molar-refractivity contribution in [1.29, 1.82) is 0 Å². The zero-order chi connectivity index (χ0) is 23.3. The predicted octanol–water partition coefficient (Wildman–Crippen LogP) is 5.68. The molecule has 0 aromatic heterocycles. The molecule has 0 aliphatic heterocycles. The summed E-state index contributed by atoms with van der Waals surface area (Å²) in [6.07, 6.45) is 18.3. The normalized spacial score (nSPS) is 10.9. The van der Waals surface area contributed by atoms with Crippen molar-refractivity contribution >= 4 is 10.4 Å². The summed E-state index contributed by atoms with van der Waals surface area (Å²) in [6.45, 7) is 1.12. The summed E-state index contributed by atoms with van der Waals surface area (Å²) in [4.78, 5) is 0. The lowest BCUT2D eigenvalue weighted by molar-refractivity contribution is -0.368. The summed E-state index contributed by atoms with van der Waals surface area (Å²) in [7, 11) is -4.63. The number of hydrogen-bond donors (Lipinski definition) is 1. The van der Waals surface area contributed by atoms with Crippen LogP contribution in [0.3, 0.4) is 0 Å². The fourth-order valence-corrected chi connectivity index (χ4v) is 3.86. The number of quaternary nitrogens is 1. The molecule has 2 aromatic rings. The van der Waals surface area contributed by atoms with Crippen LogP contribution >= 0.6 is 0 Å². The first-order valence-corrected chi connectivity index (χ1v) is 13.4. The Morgan fingerprint density at radius 2 is 1.03 bits per heavy atom. The van der Waals surface area contributed by atoms with Crippen LogP contribution < -0.4 is 9.92 Å². The molecule has 0 spiro atoms. The van der Waals surface area contributed by atoms with Crippen LogP contribution in [0.2, 0.25) is 0 Å². The molecule has 0 radical (unpaired) electrons. The van der Waals surface area contributed by atoms with Gasteiger partial charge in [-0.15, -0.1) is 0 Å². The molecule has 0 unspecified atom stereocenters. The molecule has 3 N–H and O–H groups in total. The summed E-state index contributed by atoms with van der Waals surface area (Å²) < 4.78 is 34.1. The molecule has 32 heavy (non-hydrogen) atoms. The minimum Gasteiger partial charge on any atom is -0.716 e. The van der Waals surface area contributed by atoms with E-state index in [0.29, 0.717) is 0 Å². The molecule has 2 aromatic carbocycles. The van der Waals surface area contributed by atoms with Crippen LogP contribution in [0.5, 0.6) is 5.75 Å². The number of aryl methyl sites for hydroxylation is 1. The number of hydrogen-bond acceptors (Lipinski definition) is 4. The molecule has 0 atom stereocenters. The van der Waals surface area contributed by atoms with Gasteiger partial charge in [-0.25, -0.2) is 8.42 Å². The van der Waals surface area contributed by atoms with Gasteiger partial charge < -0.3 is 14.5 Å². The van der Waals surface area contributed by atoms with E-state index in [2.05, 4.69) is 40.2 Å². The summed E-state index contributed by atoms with van der Waals surface area (Å²) in [5.74, 6) is 0.0301. The number of para-hydroxylation sites is 1. The van der Waals surface area contributed by atoms with Crippen molar-refractivity contribution in [3.63, 3.8) is 0 Å². The van der Waals surface area contributed by atoms with E-state index < -0.39 is 10.4 Å². The smallest absolute Gasteiger partial charge is 0.262 e. The van der Waals surface area contributed by atoms with Crippen LogP contribution in [-0.2, 0) is 16.8 Å². The molecule has 2 rings (SSSR count). The second-order valence-corrected chi connectivity index (χ2v) is 9.12. The van der Waals surface area contributed by atoms with Gasteiger partial charge in [0.25, 0.3) is 10.4 Å². The first kappa shape index (κ1) is 28.1. The first-order chi connectivity index (χ1) is 15.5. The van der Waals surface area contributed by atoms with Crippen LogP contribution in [0.25, 0.3) is 0 Å². The fourth-order valence-electron chi connectivity index (χ4n) is 3.51. The Morgan fingerprint density at radius 3 is 1.47 bits per heavy atom. The van der Waals surface area contributed by atoms with Gasteiger partial charge in [0.05, 0.1) is 6.54 Å². The molecule has 0 saturated carbocycles. The Kier molecular flexibility index (Phi) is 16.4. The summed E-state index contributed by atoms with van der Waals surface area (Å²) in [6, 6.07) is 18.5. The average Bonchev–Trinajstić information content (AvgIpc) is 2.78. The van der Waals surface area contributed by atoms with Gasteiger partial charge in [-0.05, 0) is 43.4 Å². The van der Waals surface area contributed by atoms with E-state index in [4.69, 9.17) is 0 Å². The van der Waals surface area contributed by atoms with E-state index in [0.717, 1.165) is 6.54 Å². The highest BCUT2D eigenvalue weighted by Gasteiger charge is 1.96. The molecule has 0 amide bonds. The lowest BCUT2D eigenvalue weighted by Crippen LogP contribution is -2.50. The number of unbranched alkanes of at least 4 members (excludes halogenated alkanes) is 11. The molecule has 5 nitrogen and oxygen atoms in total. The molecule has 0 heterocycles. The van der Waals surface area contributed by atoms with Crippen LogP contribution in [-0.4, -0.2) is 19.5 Å². The van der Waals surface area contributed by atoms with Crippen molar-refractivity contribution in [3.8, 4) is 5.75 Å². The predicted molar refractivity (Wildman–Crippen MR) is 130 cm³/mol. The minimum atomic E-state index is -4.63. The van der Waals surface area contributed by atoms with E-state index >= 15 is 0 Å². The highest BCUT2D eigenvalue weighted by atomic mass is 32.3. The van der Waals surface area contributed by atoms with Crippen molar-refractivity contribution < 1.29 is 22.9 Å². The zero-order valence-electron chi connectivity index (χ0n) is 19.4. The molecule has 0 aliphatic rings. The highest BCUT2D eigenvalue weighted by Crippen LogP contribution is 2.13. The minimum absolute atomic E-state index is 0.0301. The third kappa shape index (κ3) is 17.8. The maximum absolute atomic E-state index is 10.0. The van der Waals surface area contributed by atoms with Gasteiger partial charge in [-0.3, -0.25) is 0 Å². The molecule has 0 aliphatic carbocycles. The second kappa shape index (κ2) is 18.7. The Balaban J connectivity index is 0.000000389. The third-order valence-corrected chi connectivity index (χ3v) is 5.65. The van der Waals surface area contributed by atoms with Crippen LogP contribution in [0.4, 0.5) is 0 Å². The van der Waals surface area contributed by atoms with Gasteiger partial charge in [0.2, 0.25) is 0 Å². The van der Waals surface area contributed by atoms with Gasteiger partial charge in [0.1, 0.15) is 5.75 Å². The van der Waals surface area contributed by atoms with Gasteiger partial charge in [-0.1, -0.05) is 106 Å². The van der Waals surface area contributed by atoms with Crippen molar-refractivity contribution in [2.75, 3.05) is 6.54 Å². The highest BCUT2D eigenvalue weighted by molar-refractivity contribution is 7.81. The molecular formula is C26H41NO4S. The van der Waals surface area contributed by atoms with Crippen LogP contribution in [0.15, 0.2) is 60.7 Å². The first-order valence-electron chi connectivity index (χ1n) is 12.0. The SMILES string of the molecule is O=S(=O)([O-])Oc1ccccc1.[NH3+]CCCCCCCCCCCCCCc1ccccc1. The molecule has 0 fully saturated rings. The fraction of sp³-hybridized carbons (Fsp3) is 0.538. The largest absolute Gasteiger partial charge is 0.716 e. The van der Waals surface area contributed by atoms with Crippen molar-refractivity contribution in [1.82, 2.24) is 0 Å². The Labute approximate surface area is 195 Å². The molecular weight excluding hydrogens is 422 g/mol. The van der Waals surface area contributed by atoms with E-state index in [-0.39, 0.29) is 5.75 Å². The van der Waals surface area contributed by atoms with Crippen LogP contribution in [0, 0.1) is 0 Å². The molecule has 180 valence electrons. The summed E-state index contributed by atoms with van der Waals surface area (Å²) in [5.41, 5.74) is 5.39. The van der Waals surface area contributed by atoms with E-state index in [1.807, 2.05) is 0 Å². The lowest BCUT2D eigenvalue weighted by atomic mass is 10.0. The Morgan fingerprint density at radius 1 is 0.625 bits per heavy atom. The van der Waals surface area contributed by atoms with Gasteiger partial charge in [0, 0.05) is 0 Å². The third-order valence-electron chi connectivity index (χ3n) is 5.25. The number of rotatable bonds is 16. The van der Waals surface area contributed by atoms with Crippen molar-refractivity contribution in [2.24, 2.45) is 0 Å². The maximum Gasteiger partial charge on any atom is 0.262 e. The second-order valence-electron chi connectivity index (χ2n) is 8.14. The summed E-state index contributed by atoms with van der Waals surface area (Å²) >= 11 is 0. The average molecular weight is 464 g/mol. The van der Waals surface area contributed by atoms with E-state index in [1.54, 1.807) is 18.2 Å². The summed E-state index contributed by atoms with van der Waals surface area (Å²) in [5, 5.41) is 0. The molecule has 0 bridgehead atoms. The van der Waals surface area contributed by atoms with Crippen molar-refractivity contribution in [2.45, 2.75) is 83.5 Å². The van der Waals surface area contributed by atoms with Crippen molar-refractivity contribution in [3.05, 3.63) is 66.2 Å². The Hall–Kier alpha value is -1.89. The maximum atomic E-state index is 10.0. The molecule has 6 heteroatoms. The van der Waals surface area contributed by atoms with Gasteiger partial charge >= 0.3 is 0 Å². The van der Waals surface area contributed by atoms with Crippen LogP contribution in [0.1, 0.15) is 82.6 Å². The van der Waals surface area contributed by atoms with E-state index in [9.17, 15) is 13.0 Å². The van der Waals surface area contributed by atoms with E-state index in [1.165, 1.54) is 101 Å². The van der Waals surface area contributed by atoms with Gasteiger partial charge in [-0.2, -0.15) is 0 Å².